The van der Waals surface area contributed by atoms with E-state index in [0.29, 0.717) is 11.5 Å². The van der Waals surface area contributed by atoms with Crippen LogP contribution in [0.2, 0.25) is 0 Å². The lowest BCUT2D eigenvalue weighted by Gasteiger charge is -2.36. The largest absolute Gasteiger partial charge is 0.460 e. The third-order valence-electron chi connectivity index (χ3n) is 3.17. The van der Waals surface area contributed by atoms with Crippen molar-refractivity contribution in [3.05, 3.63) is 35.4 Å². The van der Waals surface area contributed by atoms with Gasteiger partial charge in [-0.05, 0) is 19.5 Å². The minimum atomic E-state index is -0.784. The molecular formula is C14H17NO3. The van der Waals surface area contributed by atoms with E-state index in [-0.39, 0.29) is 6.61 Å². The Labute approximate surface area is 107 Å². The Morgan fingerprint density at radius 1 is 1.28 bits per heavy atom. The van der Waals surface area contributed by atoms with E-state index in [0.717, 1.165) is 13.1 Å². The molecule has 0 spiro atoms. The number of nitrogens with zero attached hydrogens (tertiary/aromatic N) is 1. The molecule has 1 aromatic rings. The molecule has 0 aliphatic carbocycles. The summed E-state index contributed by atoms with van der Waals surface area (Å²) in [4.78, 5) is 25.2. The summed E-state index contributed by atoms with van der Waals surface area (Å²) < 4.78 is 4.69. The number of carbonyl (C=O) groups is 2. The Kier molecular flexibility index (Phi) is 3.77. The van der Waals surface area contributed by atoms with Crippen LogP contribution in [0.15, 0.2) is 24.3 Å². The zero-order valence-corrected chi connectivity index (χ0v) is 10.7. The molecule has 0 N–H and O–H groups in total. The van der Waals surface area contributed by atoms with Crippen LogP contribution in [-0.2, 0) is 9.53 Å². The van der Waals surface area contributed by atoms with E-state index in [9.17, 15) is 9.59 Å². The molecule has 1 saturated heterocycles. The molecule has 4 nitrogen and oxygen atoms in total. The fourth-order valence-electron chi connectivity index (χ4n) is 2.13. The van der Waals surface area contributed by atoms with E-state index in [1.807, 2.05) is 12.1 Å². The van der Waals surface area contributed by atoms with Crippen LogP contribution in [0, 0.1) is 0 Å². The quantitative estimate of drug-likeness (QED) is 0.459. The lowest BCUT2D eigenvalue weighted by atomic mass is 9.91. The van der Waals surface area contributed by atoms with Crippen molar-refractivity contribution in [3.8, 4) is 0 Å². The van der Waals surface area contributed by atoms with Gasteiger partial charge in [0, 0.05) is 24.6 Å². The van der Waals surface area contributed by atoms with Crippen LogP contribution in [-0.4, -0.2) is 43.4 Å². The molecule has 1 aliphatic heterocycles. The second-order valence-corrected chi connectivity index (χ2v) is 4.59. The molecule has 1 heterocycles. The molecule has 0 bridgehead atoms. The summed E-state index contributed by atoms with van der Waals surface area (Å²) in [5.74, 6) is -0.815. The third kappa shape index (κ3) is 2.59. The van der Waals surface area contributed by atoms with Crippen molar-refractivity contribution in [1.29, 1.82) is 0 Å². The molecule has 1 aliphatic rings. The summed E-state index contributed by atoms with van der Waals surface area (Å²) in [5, 5.41) is 0. The van der Waals surface area contributed by atoms with E-state index in [1.165, 1.54) is 5.56 Å². The lowest BCUT2D eigenvalue weighted by molar-refractivity contribution is -0.137. The second-order valence-electron chi connectivity index (χ2n) is 4.59. The monoisotopic (exact) mass is 247 g/mol. The Morgan fingerprint density at radius 3 is 2.39 bits per heavy atom. The van der Waals surface area contributed by atoms with Gasteiger partial charge in [0.2, 0.25) is 0 Å². The first-order valence-corrected chi connectivity index (χ1v) is 6.11. The summed E-state index contributed by atoms with van der Waals surface area (Å²) in [6.45, 7) is 3.99. The Bertz CT molecular complexity index is 447. The van der Waals surface area contributed by atoms with Gasteiger partial charge in [-0.25, -0.2) is 4.79 Å². The van der Waals surface area contributed by atoms with Crippen LogP contribution in [0.3, 0.4) is 0 Å². The lowest BCUT2D eigenvalue weighted by Crippen LogP contribution is -2.41. The molecule has 2 rings (SSSR count). The fraction of sp³-hybridized carbons (Fsp3) is 0.429. The molecule has 0 amide bonds. The minimum absolute atomic E-state index is 0.219. The van der Waals surface area contributed by atoms with E-state index in [1.54, 1.807) is 19.1 Å². The topological polar surface area (TPSA) is 46.6 Å². The number of benzene rings is 1. The molecule has 0 atom stereocenters. The molecule has 0 unspecified atom stereocenters. The van der Waals surface area contributed by atoms with E-state index >= 15 is 0 Å². The van der Waals surface area contributed by atoms with Crippen LogP contribution < -0.4 is 0 Å². The molecule has 4 heteroatoms. The van der Waals surface area contributed by atoms with Crippen molar-refractivity contribution >= 4 is 11.8 Å². The van der Waals surface area contributed by atoms with E-state index < -0.39 is 11.8 Å². The summed E-state index contributed by atoms with van der Waals surface area (Å²) in [7, 11) is 2.08. The van der Waals surface area contributed by atoms with Crippen molar-refractivity contribution in [3.63, 3.8) is 0 Å². The van der Waals surface area contributed by atoms with Crippen molar-refractivity contribution in [1.82, 2.24) is 4.90 Å². The average molecular weight is 247 g/mol. The summed E-state index contributed by atoms with van der Waals surface area (Å²) >= 11 is 0. The van der Waals surface area contributed by atoms with Gasteiger partial charge in [-0.3, -0.25) is 4.79 Å². The van der Waals surface area contributed by atoms with Crippen LogP contribution in [0.5, 0.6) is 0 Å². The van der Waals surface area contributed by atoms with E-state index in [2.05, 4.69) is 16.7 Å². The molecule has 1 fully saturated rings. The maximum Gasteiger partial charge on any atom is 0.379 e. The van der Waals surface area contributed by atoms with Crippen molar-refractivity contribution in [2.24, 2.45) is 0 Å². The van der Waals surface area contributed by atoms with Crippen molar-refractivity contribution in [2.45, 2.75) is 12.8 Å². The predicted molar refractivity (Wildman–Crippen MR) is 67.6 cm³/mol. The average Bonchev–Trinajstić information content (AvgIpc) is 2.35. The first-order chi connectivity index (χ1) is 8.61. The fourth-order valence-corrected chi connectivity index (χ4v) is 2.13. The SMILES string of the molecule is CCOC(=O)C(=O)c1ccc(C2CN(C)C2)cc1. The maximum atomic E-state index is 11.7. The number of esters is 1. The second kappa shape index (κ2) is 5.31. The van der Waals surface area contributed by atoms with Crippen LogP contribution >= 0.6 is 0 Å². The number of ether oxygens (including phenoxy) is 1. The summed E-state index contributed by atoms with van der Waals surface area (Å²) in [5.41, 5.74) is 1.61. The third-order valence-corrected chi connectivity index (χ3v) is 3.17. The Balaban J connectivity index is 2.03. The van der Waals surface area contributed by atoms with Gasteiger partial charge in [0.15, 0.2) is 0 Å². The Hall–Kier alpha value is -1.68. The normalized spacial score (nSPS) is 16.1. The number of hydrogen-bond donors (Lipinski definition) is 0. The van der Waals surface area contributed by atoms with Crippen molar-refractivity contribution < 1.29 is 14.3 Å². The van der Waals surface area contributed by atoms with Gasteiger partial charge in [0.1, 0.15) is 0 Å². The van der Waals surface area contributed by atoms with Gasteiger partial charge in [0.05, 0.1) is 6.61 Å². The number of rotatable bonds is 4. The smallest absolute Gasteiger partial charge is 0.379 e. The molecule has 96 valence electrons. The molecule has 0 saturated carbocycles. The van der Waals surface area contributed by atoms with Gasteiger partial charge in [0.25, 0.3) is 5.78 Å². The van der Waals surface area contributed by atoms with Crippen LogP contribution in [0.1, 0.15) is 28.8 Å². The van der Waals surface area contributed by atoms with Gasteiger partial charge >= 0.3 is 5.97 Å². The standard InChI is InChI=1S/C14H17NO3/c1-3-18-14(17)13(16)11-6-4-10(5-7-11)12-8-15(2)9-12/h4-7,12H,3,8-9H2,1-2H3. The molecule has 0 aromatic heterocycles. The summed E-state index contributed by atoms with van der Waals surface area (Å²) in [6.07, 6.45) is 0. The molecule has 18 heavy (non-hydrogen) atoms. The first kappa shape index (κ1) is 12.8. The van der Waals surface area contributed by atoms with Crippen molar-refractivity contribution in [2.75, 3.05) is 26.7 Å². The minimum Gasteiger partial charge on any atom is -0.460 e. The van der Waals surface area contributed by atoms with E-state index in [4.69, 9.17) is 0 Å². The van der Waals surface area contributed by atoms with Crippen LogP contribution in [0.4, 0.5) is 0 Å². The molecular weight excluding hydrogens is 230 g/mol. The Morgan fingerprint density at radius 2 is 1.89 bits per heavy atom. The molecule has 0 radical (unpaired) electrons. The van der Waals surface area contributed by atoms with Crippen LogP contribution in [0.25, 0.3) is 0 Å². The predicted octanol–water partition coefficient (Wildman–Crippen LogP) is 1.46. The van der Waals surface area contributed by atoms with Gasteiger partial charge < -0.3 is 9.64 Å². The number of likely N-dealkylation sites (tertiary alicyclic amines) is 1. The first-order valence-electron chi connectivity index (χ1n) is 6.11. The number of Topliss-reactive ketones (excluding diaryl/α,β-unsaturated/α-hetero) is 1. The van der Waals surface area contributed by atoms with Gasteiger partial charge in [-0.15, -0.1) is 0 Å². The number of likely N-dealkylation sites (N-methyl/N-ethyl adjacent to an activating group) is 1. The molecule has 1 aromatic carbocycles. The highest BCUT2D eigenvalue weighted by Gasteiger charge is 2.25. The number of carbonyl (C=O) groups excluding carboxylic acids is 2. The van der Waals surface area contributed by atoms with Gasteiger partial charge in [-0.1, -0.05) is 24.3 Å². The van der Waals surface area contributed by atoms with Gasteiger partial charge in [-0.2, -0.15) is 0 Å². The highest BCUT2D eigenvalue weighted by atomic mass is 16.5. The maximum absolute atomic E-state index is 11.7. The summed E-state index contributed by atoms with van der Waals surface area (Å²) in [6, 6.07) is 7.24. The highest BCUT2D eigenvalue weighted by molar-refractivity contribution is 6.40. The number of hydrogen-bond acceptors (Lipinski definition) is 4. The zero-order valence-electron chi connectivity index (χ0n) is 10.7. The highest BCUT2D eigenvalue weighted by Crippen LogP contribution is 2.25. The zero-order chi connectivity index (χ0) is 13.1. The number of ketones is 1.